The number of rotatable bonds is 4. The number of nitro benzene ring substituents is 1. The third-order valence-electron chi connectivity index (χ3n) is 3.73. The second-order valence-corrected chi connectivity index (χ2v) is 7.12. The summed E-state index contributed by atoms with van der Waals surface area (Å²) >= 11 is 0. The van der Waals surface area contributed by atoms with E-state index in [0.717, 1.165) is 32.0 Å². The van der Waals surface area contributed by atoms with E-state index in [-0.39, 0.29) is 16.6 Å². The average molecular weight is 313 g/mol. The molecule has 21 heavy (non-hydrogen) atoms. The SMILES string of the molecule is Cc1ccc(S(=O)(=O)NC2CCN(C)CC2)cc1[N+](=O)[O-]. The Labute approximate surface area is 124 Å². The van der Waals surface area contributed by atoms with Crippen LogP contribution in [-0.2, 0) is 10.0 Å². The van der Waals surface area contributed by atoms with Gasteiger partial charge in [0, 0.05) is 17.7 Å². The van der Waals surface area contributed by atoms with E-state index in [0.29, 0.717) is 5.56 Å². The third-order valence-corrected chi connectivity index (χ3v) is 5.25. The number of aryl methyl sites for hydroxylation is 1. The molecule has 7 nitrogen and oxygen atoms in total. The predicted octanol–water partition coefficient (Wildman–Crippen LogP) is 1.28. The van der Waals surface area contributed by atoms with Crippen molar-refractivity contribution < 1.29 is 13.3 Å². The lowest BCUT2D eigenvalue weighted by atomic mass is 10.1. The van der Waals surface area contributed by atoms with Gasteiger partial charge in [-0.1, -0.05) is 6.07 Å². The number of likely N-dealkylation sites (tertiary alicyclic amines) is 1. The van der Waals surface area contributed by atoms with Gasteiger partial charge in [0.1, 0.15) is 0 Å². The highest BCUT2D eigenvalue weighted by Crippen LogP contribution is 2.23. The van der Waals surface area contributed by atoms with Crippen molar-refractivity contribution in [1.82, 2.24) is 9.62 Å². The Balaban J connectivity index is 2.20. The topological polar surface area (TPSA) is 92.6 Å². The Kier molecular flexibility index (Phi) is 4.60. The van der Waals surface area contributed by atoms with E-state index in [9.17, 15) is 18.5 Å². The van der Waals surface area contributed by atoms with Crippen LogP contribution in [0.25, 0.3) is 0 Å². The molecule has 0 atom stereocenters. The molecule has 1 aromatic rings. The molecule has 0 unspecified atom stereocenters. The van der Waals surface area contributed by atoms with Crippen LogP contribution in [0.2, 0.25) is 0 Å². The molecule has 1 aliphatic rings. The lowest BCUT2D eigenvalue weighted by Crippen LogP contribution is -2.43. The largest absolute Gasteiger partial charge is 0.306 e. The monoisotopic (exact) mass is 313 g/mol. The first kappa shape index (κ1) is 15.9. The maximum Gasteiger partial charge on any atom is 0.273 e. The van der Waals surface area contributed by atoms with Gasteiger partial charge in [-0.2, -0.15) is 0 Å². The van der Waals surface area contributed by atoms with Gasteiger partial charge in [0.25, 0.3) is 5.69 Å². The fourth-order valence-corrected chi connectivity index (χ4v) is 3.69. The summed E-state index contributed by atoms with van der Waals surface area (Å²) in [7, 11) is -1.73. The number of hydrogen-bond acceptors (Lipinski definition) is 5. The van der Waals surface area contributed by atoms with Crippen molar-refractivity contribution in [1.29, 1.82) is 0 Å². The fraction of sp³-hybridized carbons (Fsp3) is 0.538. The summed E-state index contributed by atoms with van der Waals surface area (Å²) in [4.78, 5) is 12.4. The molecule has 0 aromatic heterocycles. The molecule has 1 heterocycles. The normalized spacial score (nSPS) is 17.8. The van der Waals surface area contributed by atoms with Gasteiger partial charge in [-0.15, -0.1) is 0 Å². The van der Waals surface area contributed by atoms with E-state index >= 15 is 0 Å². The number of benzene rings is 1. The molecular formula is C13H19N3O4S. The molecule has 0 aliphatic carbocycles. The van der Waals surface area contributed by atoms with Crippen molar-refractivity contribution in [2.75, 3.05) is 20.1 Å². The van der Waals surface area contributed by atoms with Crippen LogP contribution in [0.5, 0.6) is 0 Å². The maximum absolute atomic E-state index is 12.3. The van der Waals surface area contributed by atoms with Gasteiger partial charge in [-0.25, -0.2) is 13.1 Å². The van der Waals surface area contributed by atoms with Crippen molar-refractivity contribution >= 4 is 15.7 Å². The highest BCUT2D eigenvalue weighted by molar-refractivity contribution is 7.89. The van der Waals surface area contributed by atoms with Crippen LogP contribution in [-0.4, -0.2) is 44.4 Å². The van der Waals surface area contributed by atoms with Crippen molar-refractivity contribution in [2.24, 2.45) is 0 Å². The van der Waals surface area contributed by atoms with Crippen LogP contribution < -0.4 is 4.72 Å². The molecule has 0 bridgehead atoms. The van der Waals surface area contributed by atoms with E-state index in [1.54, 1.807) is 6.92 Å². The van der Waals surface area contributed by atoms with E-state index in [4.69, 9.17) is 0 Å². The zero-order valence-corrected chi connectivity index (χ0v) is 12.9. The van der Waals surface area contributed by atoms with Crippen LogP contribution >= 0.6 is 0 Å². The van der Waals surface area contributed by atoms with Gasteiger partial charge >= 0.3 is 0 Å². The Morgan fingerprint density at radius 1 is 1.33 bits per heavy atom. The summed E-state index contributed by atoms with van der Waals surface area (Å²) in [5.74, 6) is 0. The second-order valence-electron chi connectivity index (χ2n) is 5.40. The molecule has 1 fully saturated rings. The minimum Gasteiger partial charge on any atom is -0.306 e. The smallest absolute Gasteiger partial charge is 0.273 e. The van der Waals surface area contributed by atoms with Gasteiger partial charge in [-0.05, 0) is 46.0 Å². The molecule has 1 N–H and O–H groups in total. The first-order valence-corrected chi connectivity index (χ1v) is 8.24. The molecule has 1 aromatic carbocycles. The molecule has 1 aliphatic heterocycles. The van der Waals surface area contributed by atoms with E-state index in [2.05, 4.69) is 9.62 Å². The first-order valence-electron chi connectivity index (χ1n) is 6.75. The van der Waals surface area contributed by atoms with Crippen molar-refractivity contribution in [3.63, 3.8) is 0 Å². The number of nitrogens with zero attached hydrogens (tertiary/aromatic N) is 2. The highest BCUT2D eigenvalue weighted by Gasteiger charge is 2.25. The molecular weight excluding hydrogens is 294 g/mol. The summed E-state index contributed by atoms with van der Waals surface area (Å²) < 4.78 is 27.3. The number of nitro groups is 1. The second kappa shape index (κ2) is 6.08. The van der Waals surface area contributed by atoms with E-state index < -0.39 is 14.9 Å². The number of sulfonamides is 1. The van der Waals surface area contributed by atoms with Crippen LogP contribution in [0.3, 0.4) is 0 Å². The molecule has 0 amide bonds. The standard InChI is InChI=1S/C13H19N3O4S/c1-10-3-4-12(9-13(10)16(17)18)21(19,20)14-11-5-7-15(2)8-6-11/h3-4,9,11,14H,5-8H2,1-2H3. The van der Waals surface area contributed by atoms with Gasteiger partial charge in [-0.3, -0.25) is 10.1 Å². The minimum absolute atomic E-state index is 0.0567. The molecule has 0 saturated carbocycles. The summed E-state index contributed by atoms with van der Waals surface area (Å²) in [6.07, 6.45) is 1.48. The van der Waals surface area contributed by atoms with Crippen LogP contribution in [0, 0.1) is 17.0 Å². The van der Waals surface area contributed by atoms with E-state index in [1.807, 2.05) is 7.05 Å². The van der Waals surface area contributed by atoms with E-state index in [1.165, 1.54) is 12.1 Å². The highest BCUT2D eigenvalue weighted by atomic mass is 32.2. The van der Waals surface area contributed by atoms with Gasteiger partial charge in [0.05, 0.1) is 9.82 Å². The third kappa shape index (κ3) is 3.78. The van der Waals surface area contributed by atoms with Gasteiger partial charge < -0.3 is 4.90 Å². The maximum atomic E-state index is 12.3. The first-order chi connectivity index (χ1) is 9.79. The molecule has 0 radical (unpaired) electrons. The average Bonchev–Trinajstić information content (AvgIpc) is 2.41. The van der Waals surface area contributed by atoms with Crippen LogP contribution in [0.4, 0.5) is 5.69 Å². The number of hydrogen-bond donors (Lipinski definition) is 1. The Morgan fingerprint density at radius 3 is 2.52 bits per heavy atom. The molecule has 116 valence electrons. The lowest BCUT2D eigenvalue weighted by molar-refractivity contribution is -0.385. The summed E-state index contributed by atoms with van der Waals surface area (Å²) in [5, 5.41) is 10.9. The quantitative estimate of drug-likeness (QED) is 0.667. The van der Waals surface area contributed by atoms with Gasteiger partial charge in [0.2, 0.25) is 10.0 Å². The predicted molar refractivity (Wildman–Crippen MR) is 78.7 cm³/mol. The molecule has 0 spiro atoms. The zero-order chi connectivity index (χ0) is 15.6. The van der Waals surface area contributed by atoms with Crippen LogP contribution in [0.1, 0.15) is 18.4 Å². The summed E-state index contributed by atoms with van der Waals surface area (Å²) in [6, 6.07) is 3.86. The zero-order valence-electron chi connectivity index (χ0n) is 12.1. The summed E-state index contributed by atoms with van der Waals surface area (Å²) in [5.41, 5.74) is 0.263. The Morgan fingerprint density at radius 2 is 1.95 bits per heavy atom. The van der Waals surface area contributed by atoms with Crippen LogP contribution in [0.15, 0.2) is 23.1 Å². The minimum atomic E-state index is -3.72. The lowest BCUT2D eigenvalue weighted by Gasteiger charge is -2.29. The Hall–Kier alpha value is -1.51. The van der Waals surface area contributed by atoms with Crippen molar-refractivity contribution in [2.45, 2.75) is 30.7 Å². The number of nitrogens with one attached hydrogen (secondary N) is 1. The molecule has 2 rings (SSSR count). The number of piperidine rings is 1. The molecule has 1 saturated heterocycles. The Bertz CT molecular complexity index is 637. The van der Waals surface area contributed by atoms with Crippen molar-refractivity contribution in [3.8, 4) is 0 Å². The van der Waals surface area contributed by atoms with Crippen molar-refractivity contribution in [3.05, 3.63) is 33.9 Å². The fourth-order valence-electron chi connectivity index (χ4n) is 2.37. The molecule has 8 heteroatoms. The van der Waals surface area contributed by atoms with Gasteiger partial charge in [0.15, 0.2) is 0 Å². The summed E-state index contributed by atoms with van der Waals surface area (Å²) in [6.45, 7) is 3.25.